The Morgan fingerprint density at radius 1 is 1.54 bits per heavy atom. The molecule has 1 rings (SSSR count). The summed E-state index contributed by atoms with van der Waals surface area (Å²) in [5.74, 6) is 0.839. The first kappa shape index (κ1) is 10.5. The maximum atomic E-state index is 5.14. The van der Waals surface area contributed by atoms with Gasteiger partial charge in [-0.1, -0.05) is 0 Å². The molecule has 0 aliphatic heterocycles. The minimum absolute atomic E-state index is 0.782. The van der Waals surface area contributed by atoms with Gasteiger partial charge in [0.05, 0.1) is 12.8 Å². The Labute approximate surface area is 86.8 Å². The van der Waals surface area contributed by atoms with Crippen LogP contribution >= 0.6 is 15.9 Å². The number of aromatic nitrogens is 1. The van der Waals surface area contributed by atoms with Crippen LogP contribution in [0.15, 0.2) is 16.6 Å². The van der Waals surface area contributed by atoms with Crippen LogP contribution in [0.25, 0.3) is 0 Å². The van der Waals surface area contributed by atoms with E-state index in [1.807, 2.05) is 26.0 Å². The van der Waals surface area contributed by atoms with E-state index in [9.17, 15) is 0 Å². The van der Waals surface area contributed by atoms with Gasteiger partial charge in [0.25, 0.3) is 0 Å². The number of nitrogens with zero attached hydrogens (tertiary/aromatic N) is 2. The second-order valence-corrected chi connectivity index (χ2v) is 3.47. The van der Waals surface area contributed by atoms with Gasteiger partial charge in [0.2, 0.25) is 0 Å². The van der Waals surface area contributed by atoms with Gasteiger partial charge in [0.1, 0.15) is 0 Å². The lowest BCUT2D eigenvalue weighted by atomic mass is 10.4. The van der Waals surface area contributed by atoms with E-state index >= 15 is 0 Å². The molecule has 4 heteroatoms. The Morgan fingerprint density at radius 2 is 2.23 bits per heavy atom. The number of hydrogen-bond acceptors (Lipinski definition) is 3. The van der Waals surface area contributed by atoms with Crippen molar-refractivity contribution in [3.63, 3.8) is 0 Å². The summed E-state index contributed by atoms with van der Waals surface area (Å²) in [5, 5.41) is 1.74. The second-order valence-electron chi connectivity index (χ2n) is 2.61. The SMILES string of the molecule is CCN(OC)c1ccc(Br)c(C)n1. The molecular weight excluding hydrogens is 232 g/mol. The van der Waals surface area contributed by atoms with Gasteiger partial charge in [-0.25, -0.2) is 10.0 Å². The first-order chi connectivity index (χ1) is 6.19. The minimum atomic E-state index is 0.782. The molecule has 0 atom stereocenters. The number of pyridine rings is 1. The highest BCUT2D eigenvalue weighted by molar-refractivity contribution is 9.10. The molecular formula is C9H13BrN2O. The lowest BCUT2D eigenvalue weighted by molar-refractivity contribution is 0.168. The molecule has 0 spiro atoms. The van der Waals surface area contributed by atoms with Crippen molar-refractivity contribution in [2.75, 3.05) is 18.7 Å². The summed E-state index contributed by atoms with van der Waals surface area (Å²) < 4.78 is 1.02. The van der Waals surface area contributed by atoms with Gasteiger partial charge in [-0.05, 0) is 41.9 Å². The van der Waals surface area contributed by atoms with Crippen LogP contribution in [0.4, 0.5) is 5.82 Å². The Morgan fingerprint density at radius 3 is 2.69 bits per heavy atom. The fraction of sp³-hybridized carbons (Fsp3) is 0.444. The predicted octanol–water partition coefficient (Wildman–Crippen LogP) is 2.54. The molecule has 0 unspecified atom stereocenters. The Balaban J connectivity index is 2.95. The zero-order chi connectivity index (χ0) is 9.84. The number of aryl methyl sites for hydroxylation is 1. The number of hydrogen-bond donors (Lipinski definition) is 0. The molecule has 0 N–H and O–H groups in total. The van der Waals surface area contributed by atoms with Crippen LogP contribution in [0, 0.1) is 6.92 Å². The van der Waals surface area contributed by atoms with Crippen LogP contribution < -0.4 is 5.06 Å². The molecule has 1 aromatic rings. The topological polar surface area (TPSA) is 25.4 Å². The summed E-state index contributed by atoms with van der Waals surface area (Å²) in [6.45, 7) is 4.75. The van der Waals surface area contributed by atoms with E-state index in [4.69, 9.17) is 4.84 Å². The van der Waals surface area contributed by atoms with Crippen molar-refractivity contribution in [2.24, 2.45) is 0 Å². The van der Waals surface area contributed by atoms with Gasteiger partial charge in [-0.15, -0.1) is 0 Å². The van der Waals surface area contributed by atoms with Gasteiger partial charge in [0, 0.05) is 11.0 Å². The van der Waals surface area contributed by atoms with Crippen molar-refractivity contribution in [1.29, 1.82) is 0 Å². The lowest BCUT2D eigenvalue weighted by Gasteiger charge is -2.18. The van der Waals surface area contributed by atoms with Crippen LogP contribution in [0.1, 0.15) is 12.6 Å². The van der Waals surface area contributed by atoms with E-state index < -0.39 is 0 Å². The summed E-state index contributed by atoms with van der Waals surface area (Å²) in [4.78, 5) is 9.50. The zero-order valence-electron chi connectivity index (χ0n) is 8.04. The van der Waals surface area contributed by atoms with E-state index in [2.05, 4.69) is 20.9 Å². The third-order valence-corrected chi connectivity index (χ3v) is 2.61. The maximum absolute atomic E-state index is 5.14. The first-order valence-electron chi connectivity index (χ1n) is 4.13. The third-order valence-electron chi connectivity index (χ3n) is 1.77. The molecule has 0 aliphatic carbocycles. The van der Waals surface area contributed by atoms with Crippen molar-refractivity contribution in [3.05, 3.63) is 22.3 Å². The normalized spacial score (nSPS) is 10.2. The first-order valence-corrected chi connectivity index (χ1v) is 4.93. The van der Waals surface area contributed by atoms with Gasteiger partial charge < -0.3 is 0 Å². The average molecular weight is 245 g/mol. The molecule has 1 heterocycles. The molecule has 0 radical (unpaired) electrons. The summed E-state index contributed by atoms with van der Waals surface area (Å²) in [7, 11) is 1.64. The molecule has 72 valence electrons. The molecule has 0 fully saturated rings. The summed E-state index contributed by atoms with van der Waals surface area (Å²) >= 11 is 3.40. The van der Waals surface area contributed by atoms with Crippen LogP contribution in [-0.2, 0) is 4.84 Å². The van der Waals surface area contributed by atoms with E-state index in [0.29, 0.717) is 0 Å². The van der Waals surface area contributed by atoms with Gasteiger partial charge in [-0.3, -0.25) is 4.84 Å². The van der Waals surface area contributed by atoms with Crippen molar-refractivity contribution in [1.82, 2.24) is 4.98 Å². The van der Waals surface area contributed by atoms with Crippen molar-refractivity contribution in [2.45, 2.75) is 13.8 Å². The van der Waals surface area contributed by atoms with Crippen molar-refractivity contribution >= 4 is 21.7 Å². The Bertz CT molecular complexity index is 287. The van der Waals surface area contributed by atoms with Crippen LogP contribution in [0.3, 0.4) is 0 Å². The average Bonchev–Trinajstić information content (AvgIpc) is 2.13. The molecule has 0 aliphatic rings. The summed E-state index contributed by atoms with van der Waals surface area (Å²) in [6, 6.07) is 3.89. The highest BCUT2D eigenvalue weighted by Gasteiger charge is 2.05. The second kappa shape index (κ2) is 4.58. The smallest absolute Gasteiger partial charge is 0.152 e. The largest absolute Gasteiger partial charge is 0.275 e. The molecule has 0 saturated carbocycles. The predicted molar refractivity (Wildman–Crippen MR) is 56.7 cm³/mol. The molecule has 0 saturated heterocycles. The number of rotatable bonds is 3. The van der Waals surface area contributed by atoms with E-state index in [1.54, 1.807) is 12.2 Å². The summed E-state index contributed by atoms with van der Waals surface area (Å²) in [6.07, 6.45) is 0. The molecule has 13 heavy (non-hydrogen) atoms. The van der Waals surface area contributed by atoms with Crippen molar-refractivity contribution < 1.29 is 4.84 Å². The number of anilines is 1. The highest BCUT2D eigenvalue weighted by atomic mass is 79.9. The maximum Gasteiger partial charge on any atom is 0.152 e. The fourth-order valence-electron chi connectivity index (χ4n) is 1.05. The monoisotopic (exact) mass is 244 g/mol. The van der Waals surface area contributed by atoms with Crippen LogP contribution in [0.2, 0.25) is 0 Å². The van der Waals surface area contributed by atoms with Gasteiger partial charge in [-0.2, -0.15) is 0 Å². The Kier molecular flexibility index (Phi) is 3.69. The van der Waals surface area contributed by atoms with Crippen molar-refractivity contribution in [3.8, 4) is 0 Å². The minimum Gasteiger partial charge on any atom is -0.275 e. The number of hydroxylamine groups is 1. The molecule has 3 nitrogen and oxygen atoms in total. The zero-order valence-corrected chi connectivity index (χ0v) is 9.63. The summed E-state index contributed by atoms with van der Waals surface area (Å²) in [5.41, 5.74) is 0.966. The van der Waals surface area contributed by atoms with Gasteiger partial charge in [0.15, 0.2) is 5.82 Å². The number of halogens is 1. The molecule has 0 bridgehead atoms. The van der Waals surface area contributed by atoms with Gasteiger partial charge >= 0.3 is 0 Å². The Hall–Kier alpha value is -0.610. The van der Waals surface area contributed by atoms with Crippen LogP contribution in [-0.4, -0.2) is 18.6 Å². The van der Waals surface area contributed by atoms with E-state index in [1.165, 1.54) is 0 Å². The molecule has 0 amide bonds. The third kappa shape index (κ3) is 2.42. The fourth-order valence-corrected chi connectivity index (χ4v) is 1.28. The molecule has 0 aromatic carbocycles. The molecule has 1 aromatic heterocycles. The van der Waals surface area contributed by atoms with E-state index in [-0.39, 0.29) is 0 Å². The van der Waals surface area contributed by atoms with E-state index in [0.717, 1.165) is 22.5 Å². The quantitative estimate of drug-likeness (QED) is 0.765. The lowest BCUT2D eigenvalue weighted by Crippen LogP contribution is -2.22. The highest BCUT2D eigenvalue weighted by Crippen LogP contribution is 2.18. The standard InChI is InChI=1S/C9H13BrN2O/c1-4-12(13-3)9-6-5-8(10)7(2)11-9/h5-6H,4H2,1-3H3. The van der Waals surface area contributed by atoms with Crippen LogP contribution in [0.5, 0.6) is 0 Å².